The number of para-hydroxylation sites is 1. The van der Waals surface area contributed by atoms with E-state index in [0.717, 1.165) is 18.2 Å². The maximum absolute atomic E-state index is 13.7. The molecule has 0 saturated heterocycles. The summed E-state index contributed by atoms with van der Waals surface area (Å²) in [6, 6.07) is 11.6. The maximum Gasteiger partial charge on any atom is 0.357 e. The molecular formula is C19H14F2N2O3S. The molecule has 0 aliphatic rings. The van der Waals surface area contributed by atoms with Gasteiger partial charge < -0.3 is 4.74 Å². The van der Waals surface area contributed by atoms with Crippen LogP contribution in [0.15, 0.2) is 59.9 Å². The van der Waals surface area contributed by atoms with Gasteiger partial charge in [0.25, 0.3) is 0 Å². The Kier molecular flexibility index (Phi) is 5.66. The average molecular weight is 388 g/mol. The maximum atomic E-state index is 13.7. The normalized spacial score (nSPS) is 10.6. The van der Waals surface area contributed by atoms with Gasteiger partial charge in [0.2, 0.25) is 5.78 Å². The molecular weight excluding hydrogens is 374 g/mol. The predicted octanol–water partition coefficient (Wildman–Crippen LogP) is 3.91. The Labute approximate surface area is 158 Å². The summed E-state index contributed by atoms with van der Waals surface area (Å²) in [4.78, 5) is 28.7. The highest BCUT2D eigenvalue weighted by Gasteiger charge is 2.21. The predicted molar refractivity (Wildman–Crippen MR) is 96.3 cm³/mol. The number of hydrogen-bond donors (Lipinski definition) is 0. The van der Waals surface area contributed by atoms with Gasteiger partial charge in [-0.05, 0) is 36.6 Å². The number of benzene rings is 2. The van der Waals surface area contributed by atoms with Crippen molar-refractivity contribution in [2.45, 2.75) is 5.16 Å². The van der Waals surface area contributed by atoms with Crippen LogP contribution in [0.3, 0.4) is 0 Å². The van der Waals surface area contributed by atoms with E-state index < -0.39 is 35.6 Å². The lowest BCUT2D eigenvalue weighted by atomic mass is 10.1. The number of rotatable bonds is 6. The molecule has 2 aromatic carbocycles. The standard InChI is InChI=1S/C19H14F2N2O3S/c1-27-19-22-10-16(23(19)13-5-3-2-4-6-13)18(25)26-11-17(24)14-9-12(20)7-8-15(14)21/h2-10H,11H2,1H3. The zero-order valence-electron chi connectivity index (χ0n) is 14.2. The number of imidazole rings is 1. The van der Waals surface area contributed by atoms with Gasteiger partial charge in [-0.2, -0.15) is 0 Å². The second-order valence-corrected chi connectivity index (χ2v) is 6.20. The zero-order valence-corrected chi connectivity index (χ0v) is 15.0. The lowest BCUT2D eigenvalue weighted by Crippen LogP contribution is -2.18. The second-order valence-electron chi connectivity index (χ2n) is 5.42. The van der Waals surface area contributed by atoms with Gasteiger partial charge in [0, 0.05) is 5.69 Å². The van der Waals surface area contributed by atoms with Crippen molar-refractivity contribution in [3.8, 4) is 5.69 Å². The van der Waals surface area contributed by atoms with Gasteiger partial charge in [-0.3, -0.25) is 9.36 Å². The molecule has 0 atom stereocenters. The van der Waals surface area contributed by atoms with E-state index in [0.29, 0.717) is 10.8 Å². The fourth-order valence-corrected chi connectivity index (χ4v) is 2.99. The summed E-state index contributed by atoms with van der Waals surface area (Å²) in [5.41, 5.74) is 0.357. The number of ketones is 1. The van der Waals surface area contributed by atoms with Crippen LogP contribution in [0.4, 0.5) is 8.78 Å². The highest BCUT2D eigenvalue weighted by Crippen LogP contribution is 2.22. The summed E-state index contributed by atoms with van der Waals surface area (Å²) in [5.74, 6) is -3.26. The van der Waals surface area contributed by atoms with E-state index in [9.17, 15) is 18.4 Å². The minimum absolute atomic E-state index is 0.123. The number of Topliss-reactive ketones (excluding diaryl/α,β-unsaturated/α-hetero) is 1. The van der Waals surface area contributed by atoms with Crippen LogP contribution in [0.5, 0.6) is 0 Å². The number of carbonyl (C=O) groups excluding carboxylic acids is 2. The molecule has 0 N–H and O–H groups in total. The van der Waals surface area contributed by atoms with Crippen molar-refractivity contribution in [1.29, 1.82) is 0 Å². The van der Waals surface area contributed by atoms with Crippen LogP contribution in [0, 0.1) is 11.6 Å². The van der Waals surface area contributed by atoms with E-state index in [-0.39, 0.29) is 5.69 Å². The van der Waals surface area contributed by atoms with Crippen LogP contribution in [-0.2, 0) is 4.74 Å². The van der Waals surface area contributed by atoms with E-state index in [1.54, 1.807) is 16.7 Å². The van der Waals surface area contributed by atoms with E-state index in [1.807, 2.05) is 24.5 Å². The van der Waals surface area contributed by atoms with Crippen molar-refractivity contribution >= 4 is 23.5 Å². The molecule has 5 nitrogen and oxygen atoms in total. The molecule has 8 heteroatoms. The van der Waals surface area contributed by atoms with Crippen molar-refractivity contribution in [1.82, 2.24) is 9.55 Å². The first-order valence-electron chi connectivity index (χ1n) is 7.83. The molecule has 0 radical (unpaired) electrons. The van der Waals surface area contributed by atoms with Gasteiger partial charge in [-0.25, -0.2) is 18.6 Å². The fourth-order valence-electron chi connectivity index (χ4n) is 2.44. The summed E-state index contributed by atoms with van der Waals surface area (Å²) >= 11 is 1.34. The van der Waals surface area contributed by atoms with Crippen molar-refractivity contribution in [3.63, 3.8) is 0 Å². The molecule has 3 aromatic rings. The molecule has 0 unspecified atom stereocenters. The fraction of sp³-hybridized carbons (Fsp3) is 0.105. The monoisotopic (exact) mass is 388 g/mol. The third kappa shape index (κ3) is 4.06. The van der Waals surface area contributed by atoms with Crippen molar-refractivity contribution in [3.05, 3.63) is 77.6 Å². The molecule has 1 aromatic heterocycles. The highest BCUT2D eigenvalue weighted by atomic mass is 32.2. The molecule has 3 rings (SSSR count). The van der Waals surface area contributed by atoms with Gasteiger partial charge in [0.1, 0.15) is 11.6 Å². The summed E-state index contributed by atoms with van der Waals surface area (Å²) in [5, 5.41) is 0.565. The van der Waals surface area contributed by atoms with Gasteiger partial charge in [-0.1, -0.05) is 30.0 Å². The summed E-state index contributed by atoms with van der Waals surface area (Å²) in [6.07, 6.45) is 3.15. The average Bonchev–Trinajstić information content (AvgIpc) is 3.12. The van der Waals surface area contributed by atoms with Crippen LogP contribution in [0.25, 0.3) is 5.69 Å². The molecule has 138 valence electrons. The highest BCUT2D eigenvalue weighted by molar-refractivity contribution is 7.98. The van der Waals surface area contributed by atoms with Gasteiger partial charge in [0.05, 0.1) is 11.8 Å². The summed E-state index contributed by atoms with van der Waals surface area (Å²) in [7, 11) is 0. The van der Waals surface area contributed by atoms with Crippen LogP contribution in [0.1, 0.15) is 20.8 Å². The Morgan fingerprint density at radius 3 is 2.59 bits per heavy atom. The first-order chi connectivity index (χ1) is 13.0. The Bertz CT molecular complexity index is 990. The number of thioether (sulfide) groups is 1. The second kappa shape index (κ2) is 8.13. The quantitative estimate of drug-likeness (QED) is 0.364. The molecule has 0 spiro atoms. The molecule has 1 heterocycles. The Balaban J connectivity index is 1.80. The van der Waals surface area contributed by atoms with Crippen LogP contribution >= 0.6 is 11.8 Å². The summed E-state index contributed by atoms with van der Waals surface area (Å²) in [6.45, 7) is -0.715. The molecule has 27 heavy (non-hydrogen) atoms. The molecule has 0 aliphatic heterocycles. The van der Waals surface area contributed by atoms with Crippen LogP contribution in [-0.4, -0.2) is 34.2 Å². The Morgan fingerprint density at radius 2 is 1.89 bits per heavy atom. The number of nitrogens with zero attached hydrogens (tertiary/aromatic N) is 2. The molecule has 0 amide bonds. The largest absolute Gasteiger partial charge is 0.453 e. The van der Waals surface area contributed by atoms with E-state index in [2.05, 4.69) is 4.98 Å². The zero-order chi connectivity index (χ0) is 19.4. The van der Waals surface area contributed by atoms with Crippen molar-refractivity contribution in [2.24, 2.45) is 0 Å². The third-order valence-corrected chi connectivity index (χ3v) is 4.35. The number of halogens is 2. The van der Waals surface area contributed by atoms with Gasteiger partial charge >= 0.3 is 5.97 Å². The van der Waals surface area contributed by atoms with E-state index in [1.165, 1.54) is 18.0 Å². The molecule has 0 saturated carbocycles. The SMILES string of the molecule is CSc1ncc(C(=O)OCC(=O)c2cc(F)ccc2F)n1-c1ccccc1. The van der Waals surface area contributed by atoms with Crippen LogP contribution in [0.2, 0.25) is 0 Å². The third-order valence-electron chi connectivity index (χ3n) is 3.70. The van der Waals surface area contributed by atoms with Gasteiger partial charge in [-0.15, -0.1) is 0 Å². The van der Waals surface area contributed by atoms with Crippen molar-refractivity contribution < 1.29 is 23.1 Å². The van der Waals surface area contributed by atoms with Crippen molar-refractivity contribution in [2.75, 3.05) is 12.9 Å². The number of aromatic nitrogens is 2. The first-order valence-corrected chi connectivity index (χ1v) is 9.06. The minimum Gasteiger partial charge on any atom is -0.453 e. The lowest BCUT2D eigenvalue weighted by molar-refractivity contribution is 0.0465. The Hall–Kier alpha value is -3.00. The number of hydrogen-bond acceptors (Lipinski definition) is 5. The van der Waals surface area contributed by atoms with Crippen LogP contribution < -0.4 is 0 Å². The summed E-state index contributed by atoms with van der Waals surface area (Å²) < 4.78 is 33.5. The topological polar surface area (TPSA) is 61.2 Å². The molecule has 0 fully saturated rings. The number of carbonyl (C=O) groups is 2. The first kappa shape index (κ1) is 18.8. The lowest BCUT2D eigenvalue weighted by Gasteiger charge is -2.10. The minimum atomic E-state index is -0.878. The van der Waals surface area contributed by atoms with E-state index >= 15 is 0 Å². The molecule has 0 aliphatic carbocycles. The molecule has 0 bridgehead atoms. The van der Waals surface area contributed by atoms with Gasteiger partial charge in [0.15, 0.2) is 17.5 Å². The number of ether oxygens (including phenoxy) is 1. The smallest absolute Gasteiger partial charge is 0.357 e. The van der Waals surface area contributed by atoms with E-state index in [4.69, 9.17) is 4.74 Å². The number of esters is 1. The Morgan fingerprint density at radius 1 is 1.15 bits per heavy atom.